The molecular formula is C18H31N3O2. The summed E-state index contributed by atoms with van der Waals surface area (Å²) in [4.78, 5) is 31.0. The molecule has 0 saturated carbocycles. The van der Waals surface area contributed by atoms with E-state index < -0.39 is 0 Å². The third-order valence-corrected chi connectivity index (χ3v) is 5.26. The normalized spacial score (nSPS) is 27.1. The van der Waals surface area contributed by atoms with Crippen molar-refractivity contribution in [3.05, 3.63) is 12.7 Å². The molecule has 130 valence electrons. The van der Waals surface area contributed by atoms with E-state index >= 15 is 0 Å². The molecule has 0 aromatic rings. The van der Waals surface area contributed by atoms with Crippen molar-refractivity contribution in [3.63, 3.8) is 0 Å². The Balaban J connectivity index is 1.91. The Morgan fingerprint density at radius 1 is 1.13 bits per heavy atom. The van der Waals surface area contributed by atoms with Crippen LogP contribution >= 0.6 is 0 Å². The van der Waals surface area contributed by atoms with Crippen LogP contribution in [0.4, 0.5) is 0 Å². The van der Waals surface area contributed by atoms with E-state index in [1.165, 1.54) is 0 Å². The van der Waals surface area contributed by atoms with Gasteiger partial charge in [0.05, 0.1) is 0 Å². The van der Waals surface area contributed by atoms with Gasteiger partial charge < -0.3 is 9.80 Å². The lowest BCUT2D eigenvalue weighted by Gasteiger charge is -2.45. The highest BCUT2D eigenvalue weighted by molar-refractivity contribution is 5.80. The predicted molar refractivity (Wildman–Crippen MR) is 92.0 cm³/mol. The molecule has 2 aliphatic heterocycles. The topological polar surface area (TPSA) is 43.9 Å². The number of nitrogens with zero attached hydrogens (tertiary/aromatic N) is 3. The van der Waals surface area contributed by atoms with Gasteiger partial charge in [-0.15, -0.1) is 6.58 Å². The third kappa shape index (κ3) is 4.14. The molecule has 2 atom stereocenters. The monoisotopic (exact) mass is 321 g/mol. The number of hydrogen-bond acceptors (Lipinski definition) is 3. The number of likely N-dealkylation sites (tertiary alicyclic amines) is 1. The largest absolute Gasteiger partial charge is 0.343 e. The zero-order valence-corrected chi connectivity index (χ0v) is 14.8. The van der Waals surface area contributed by atoms with Crippen LogP contribution in [-0.2, 0) is 9.59 Å². The molecule has 0 N–H and O–H groups in total. The van der Waals surface area contributed by atoms with E-state index in [0.29, 0.717) is 12.5 Å². The van der Waals surface area contributed by atoms with Gasteiger partial charge >= 0.3 is 0 Å². The van der Waals surface area contributed by atoms with Crippen molar-refractivity contribution >= 4 is 11.8 Å². The van der Waals surface area contributed by atoms with Crippen molar-refractivity contribution in [2.45, 2.75) is 52.1 Å². The fourth-order valence-electron chi connectivity index (χ4n) is 3.76. The molecule has 2 amide bonds. The van der Waals surface area contributed by atoms with Crippen molar-refractivity contribution in [2.75, 3.05) is 32.7 Å². The Morgan fingerprint density at radius 2 is 1.78 bits per heavy atom. The van der Waals surface area contributed by atoms with Crippen molar-refractivity contribution < 1.29 is 9.59 Å². The molecule has 0 radical (unpaired) electrons. The Kier molecular flexibility index (Phi) is 6.22. The number of carbonyl (C=O) groups is 2. The Morgan fingerprint density at radius 3 is 2.35 bits per heavy atom. The van der Waals surface area contributed by atoms with Gasteiger partial charge in [0, 0.05) is 57.1 Å². The number of hydrogen-bond donors (Lipinski definition) is 0. The van der Waals surface area contributed by atoms with Crippen LogP contribution < -0.4 is 0 Å². The zero-order chi connectivity index (χ0) is 17.0. The highest BCUT2D eigenvalue weighted by atomic mass is 16.2. The van der Waals surface area contributed by atoms with E-state index in [-0.39, 0.29) is 23.8 Å². The molecule has 2 saturated heterocycles. The molecule has 0 aromatic carbocycles. The van der Waals surface area contributed by atoms with Gasteiger partial charge in [-0.3, -0.25) is 14.5 Å². The smallest absolute Gasteiger partial charge is 0.226 e. The average Bonchev–Trinajstić information content (AvgIpc) is 2.57. The maximum atomic E-state index is 12.9. The first-order valence-corrected chi connectivity index (χ1v) is 8.91. The maximum Gasteiger partial charge on any atom is 0.226 e. The van der Waals surface area contributed by atoms with Crippen molar-refractivity contribution in [2.24, 2.45) is 5.92 Å². The van der Waals surface area contributed by atoms with E-state index in [4.69, 9.17) is 0 Å². The van der Waals surface area contributed by atoms with Gasteiger partial charge in [0.2, 0.25) is 11.8 Å². The molecule has 23 heavy (non-hydrogen) atoms. The highest BCUT2D eigenvalue weighted by Gasteiger charge is 2.36. The summed E-state index contributed by atoms with van der Waals surface area (Å²) < 4.78 is 0. The number of carbonyl (C=O) groups excluding carboxylic acids is 2. The summed E-state index contributed by atoms with van der Waals surface area (Å²) in [5.41, 5.74) is 0. The molecule has 2 fully saturated rings. The molecule has 2 heterocycles. The first-order chi connectivity index (χ1) is 11.0. The lowest BCUT2D eigenvalue weighted by molar-refractivity contribution is -0.145. The van der Waals surface area contributed by atoms with Crippen LogP contribution in [0.15, 0.2) is 12.7 Å². The highest BCUT2D eigenvalue weighted by Crippen LogP contribution is 2.24. The van der Waals surface area contributed by atoms with E-state index in [1.54, 1.807) is 0 Å². The van der Waals surface area contributed by atoms with Gasteiger partial charge in [0.25, 0.3) is 0 Å². The fourth-order valence-corrected chi connectivity index (χ4v) is 3.76. The van der Waals surface area contributed by atoms with Gasteiger partial charge in [0.1, 0.15) is 0 Å². The van der Waals surface area contributed by atoms with Crippen LogP contribution in [0.2, 0.25) is 0 Å². The molecule has 2 rings (SSSR count). The second-order valence-electron chi connectivity index (χ2n) is 6.94. The van der Waals surface area contributed by atoms with E-state index in [1.807, 2.05) is 17.9 Å². The number of piperazine rings is 1. The van der Waals surface area contributed by atoms with Crippen LogP contribution in [0, 0.1) is 5.92 Å². The molecule has 0 aliphatic carbocycles. The summed E-state index contributed by atoms with van der Waals surface area (Å²) in [5.74, 6) is 0.568. The van der Waals surface area contributed by atoms with Crippen molar-refractivity contribution in [1.29, 1.82) is 0 Å². The number of amides is 2. The molecule has 0 unspecified atom stereocenters. The van der Waals surface area contributed by atoms with Crippen LogP contribution in [0.1, 0.15) is 40.0 Å². The summed E-state index contributed by atoms with van der Waals surface area (Å²) in [7, 11) is 0. The quantitative estimate of drug-likeness (QED) is 0.741. The minimum atomic E-state index is 0.0801. The molecule has 0 bridgehead atoms. The fraction of sp³-hybridized carbons (Fsp3) is 0.778. The third-order valence-electron chi connectivity index (χ3n) is 5.26. The van der Waals surface area contributed by atoms with E-state index in [2.05, 4.69) is 30.2 Å². The van der Waals surface area contributed by atoms with Crippen LogP contribution in [0.25, 0.3) is 0 Å². The summed E-state index contributed by atoms with van der Waals surface area (Å²) >= 11 is 0. The van der Waals surface area contributed by atoms with Gasteiger partial charge in [-0.25, -0.2) is 0 Å². The first kappa shape index (κ1) is 18.0. The Bertz CT molecular complexity index is 444. The number of piperidine rings is 1. The lowest BCUT2D eigenvalue weighted by atomic mass is 9.93. The first-order valence-electron chi connectivity index (χ1n) is 8.91. The van der Waals surface area contributed by atoms with E-state index in [0.717, 1.165) is 45.6 Å². The summed E-state index contributed by atoms with van der Waals surface area (Å²) in [6.45, 7) is 14.1. The minimum Gasteiger partial charge on any atom is -0.343 e. The average molecular weight is 321 g/mol. The number of rotatable bonds is 4. The zero-order valence-electron chi connectivity index (χ0n) is 14.8. The molecular weight excluding hydrogens is 290 g/mol. The van der Waals surface area contributed by atoms with Gasteiger partial charge in [-0.2, -0.15) is 0 Å². The van der Waals surface area contributed by atoms with Crippen LogP contribution in [0.3, 0.4) is 0 Å². The second kappa shape index (κ2) is 7.95. The second-order valence-corrected chi connectivity index (χ2v) is 6.94. The van der Waals surface area contributed by atoms with Crippen LogP contribution in [0.5, 0.6) is 0 Å². The SMILES string of the molecule is C=CCN1C[C@H](C)N(C(=O)C2CCN(C(=O)CC)CC2)C[C@@H]1C. The summed E-state index contributed by atoms with van der Waals surface area (Å²) in [6, 6.07) is 0.615. The predicted octanol–water partition coefficient (Wildman–Crippen LogP) is 1.74. The van der Waals surface area contributed by atoms with Crippen LogP contribution in [-0.4, -0.2) is 71.3 Å². The van der Waals surface area contributed by atoms with Crippen molar-refractivity contribution in [3.8, 4) is 0 Å². The molecule has 2 aliphatic rings. The molecule has 5 nitrogen and oxygen atoms in total. The van der Waals surface area contributed by atoms with Crippen molar-refractivity contribution in [1.82, 2.24) is 14.7 Å². The molecule has 0 spiro atoms. The standard InChI is InChI=1S/C18H31N3O2/c1-5-9-20-12-15(4)21(13-14(20)3)18(23)16-7-10-19(11-8-16)17(22)6-2/h5,14-16H,1,6-13H2,2-4H3/t14-,15-/m0/s1. The van der Waals surface area contributed by atoms with Gasteiger partial charge in [-0.05, 0) is 26.7 Å². The molecule has 5 heteroatoms. The van der Waals surface area contributed by atoms with Gasteiger partial charge in [0.15, 0.2) is 0 Å². The lowest BCUT2D eigenvalue weighted by Crippen LogP contribution is -2.59. The summed E-state index contributed by atoms with van der Waals surface area (Å²) in [5, 5.41) is 0. The van der Waals surface area contributed by atoms with E-state index in [9.17, 15) is 9.59 Å². The minimum absolute atomic E-state index is 0.0801. The Labute approximate surface area is 140 Å². The maximum absolute atomic E-state index is 12.9. The van der Waals surface area contributed by atoms with Gasteiger partial charge in [-0.1, -0.05) is 13.0 Å². The molecule has 0 aromatic heterocycles. The Hall–Kier alpha value is -1.36. The summed E-state index contributed by atoms with van der Waals surface area (Å²) in [6.07, 6.45) is 4.09.